The van der Waals surface area contributed by atoms with Gasteiger partial charge < -0.3 is 19.9 Å². The SMILES string of the molecule is CC(NC(=O)c1cc2cc(Cl)ccc2[nH]1)c1ccc(OCCN(C)C)cc1. The Morgan fingerprint density at radius 1 is 1.19 bits per heavy atom. The van der Waals surface area contributed by atoms with Crippen molar-refractivity contribution in [2.75, 3.05) is 27.2 Å². The maximum atomic E-state index is 12.6. The molecule has 0 saturated carbocycles. The summed E-state index contributed by atoms with van der Waals surface area (Å²) < 4.78 is 5.70. The highest BCUT2D eigenvalue weighted by atomic mass is 35.5. The number of nitrogens with zero attached hydrogens (tertiary/aromatic N) is 1. The number of fused-ring (bicyclic) bond motifs is 1. The summed E-state index contributed by atoms with van der Waals surface area (Å²) >= 11 is 6.00. The van der Waals surface area contributed by atoms with E-state index in [9.17, 15) is 4.79 Å². The summed E-state index contributed by atoms with van der Waals surface area (Å²) in [5.74, 6) is 0.674. The van der Waals surface area contributed by atoms with E-state index in [4.69, 9.17) is 16.3 Å². The Hall–Kier alpha value is -2.50. The summed E-state index contributed by atoms with van der Waals surface area (Å²) in [6.07, 6.45) is 0. The third kappa shape index (κ3) is 5.02. The van der Waals surface area contributed by atoms with Crippen molar-refractivity contribution in [1.82, 2.24) is 15.2 Å². The van der Waals surface area contributed by atoms with Crippen LogP contribution in [0.5, 0.6) is 5.75 Å². The number of nitrogens with one attached hydrogen (secondary N) is 2. The standard InChI is InChI=1S/C21H24ClN3O2/c1-14(15-4-7-18(8-5-15)27-11-10-25(2)3)23-21(26)20-13-16-12-17(22)6-9-19(16)24-20/h4-9,12-14,24H,10-11H2,1-3H3,(H,23,26). The summed E-state index contributed by atoms with van der Waals surface area (Å²) in [4.78, 5) is 17.7. The lowest BCUT2D eigenvalue weighted by atomic mass is 10.1. The first-order valence-electron chi connectivity index (χ1n) is 8.89. The number of aromatic amines is 1. The van der Waals surface area contributed by atoms with Gasteiger partial charge in [0.1, 0.15) is 18.1 Å². The van der Waals surface area contributed by atoms with Crippen LogP contribution in [0.4, 0.5) is 0 Å². The lowest BCUT2D eigenvalue weighted by Crippen LogP contribution is -2.26. The molecule has 1 heterocycles. The molecule has 0 fully saturated rings. The molecule has 3 rings (SSSR count). The number of ether oxygens (including phenoxy) is 1. The van der Waals surface area contributed by atoms with Crippen LogP contribution in [0.1, 0.15) is 29.0 Å². The number of likely N-dealkylation sites (N-methyl/N-ethyl adjacent to an activating group) is 1. The van der Waals surface area contributed by atoms with Crippen molar-refractivity contribution in [3.8, 4) is 5.75 Å². The smallest absolute Gasteiger partial charge is 0.268 e. The second-order valence-electron chi connectivity index (χ2n) is 6.83. The molecular formula is C21H24ClN3O2. The fourth-order valence-corrected chi connectivity index (χ4v) is 2.96. The first-order chi connectivity index (χ1) is 12.9. The largest absolute Gasteiger partial charge is 0.492 e. The van der Waals surface area contributed by atoms with Gasteiger partial charge in [0, 0.05) is 22.5 Å². The van der Waals surface area contributed by atoms with Crippen molar-refractivity contribution in [2.24, 2.45) is 0 Å². The Morgan fingerprint density at radius 2 is 1.93 bits per heavy atom. The quantitative estimate of drug-likeness (QED) is 0.639. The summed E-state index contributed by atoms with van der Waals surface area (Å²) in [6.45, 7) is 3.46. The normalized spacial score (nSPS) is 12.3. The zero-order chi connectivity index (χ0) is 19.4. The van der Waals surface area contributed by atoms with E-state index in [0.29, 0.717) is 17.3 Å². The minimum Gasteiger partial charge on any atom is -0.492 e. The Labute approximate surface area is 164 Å². The molecule has 1 atom stereocenters. The van der Waals surface area contributed by atoms with Crippen LogP contribution in [0, 0.1) is 0 Å². The summed E-state index contributed by atoms with van der Waals surface area (Å²) in [6, 6.07) is 15.0. The van der Waals surface area contributed by atoms with Gasteiger partial charge in [-0.1, -0.05) is 23.7 Å². The zero-order valence-electron chi connectivity index (χ0n) is 15.8. The molecule has 142 valence electrons. The number of aromatic nitrogens is 1. The highest BCUT2D eigenvalue weighted by Crippen LogP contribution is 2.21. The van der Waals surface area contributed by atoms with Crippen LogP contribution < -0.4 is 10.1 Å². The average Bonchev–Trinajstić information content (AvgIpc) is 3.05. The Morgan fingerprint density at radius 3 is 2.63 bits per heavy atom. The molecule has 0 aliphatic rings. The van der Waals surface area contributed by atoms with Gasteiger partial charge in [-0.2, -0.15) is 0 Å². The Balaban J connectivity index is 1.61. The minimum absolute atomic E-state index is 0.122. The highest BCUT2D eigenvalue weighted by molar-refractivity contribution is 6.31. The van der Waals surface area contributed by atoms with Gasteiger partial charge in [0.15, 0.2) is 0 Å². The molecule has 0 bridgehead atoms. The van der Waals surface area contributed by atoms with Crippen LogP contribution in [0.2, 0.25) is 5.02 Å². The fourth-order valence-electron chi connectivity index (χ4n) is 2.78. The number of halogens is 1. The second-order valence-corrected chi connectivity index (χ2v) is 7.27. The van der Waals surface area contributed by atoms with Gasteiger partial charge in [0.2, 0.25) is 0 Å². The minimum atomic E-state index is -0.152. The number of rotatable bonds is 7. The van der Waals surface area contributed by atoms with Gasteiger partial charge in [-0.15, -0.1) is 0 Å². The average molecular weight is 386 g/mol. The zero-order valence-corrected chi connectivity index (χ0v) is 16.5. The number of carbonyl (C=O) groups excluding carboxylic acids is 1. The van der Waals surface area contributed by atoms with E-state index in [0.717, 1.165) is 28.8 Å². The highest BCUT2D eigenvalue weighted by Gasteiger charge is 2.14. The molecule has 1 aromatic heterocycles. The van der Waals surface area contributed by atoms with E-state index in [2.05, 4.69) is 15.2 Å². The fraction of sp³-hybridized carbons (Fsp3) is 0.286. The van der Waals surface area contributed by atoms with E-state index in [-0.39, 0.29) is 11.9 Å². The van der Waals surface area contributed by atoms with Crippen molar-refractivity contribution in [3.05, 3.63) is 64.8 Å². The number of carbonyl (C=O) groups is 1. The van der Waals surface area contributed by atoms with Crippen LogP contribution in [-0.4, -0.2) is 43.0 Å². The molecule has 0 spiro atoms. The monoisotopic (exact) mass is 385 g/mol. The molecule has 0 radical (unpaired) electrons. The van der Waals surface area contributed by atoms with E-state index < -0.39 is 0 Å². The van der Waals surface area contributed by atoms with Crippen molar-refractivity contribution >= 4 is 28.4 Å². The molecule has 6 heteroatoms. The third-order valence-corrected chi connectivity index (χ3v) is 4.60. The van der Waals surface area contributed by atoms with Crippen LogP contribution in [0.25, 0.3) is 10.9 Å². The van der Waals surface area contributed by atoms with Crippen molar-refractivity contribution in [2.45, 2.75) is 13.0 Å². The van der Waals surface area contributed by atoms with Gasteiger partial charge in [-0.05, 0) is 63.0 Å². The second kappa shape index (κ2) is 8.46. The molecule has 5 nitrogen and oxygen atoms in total. The number of hydrogen-bond donors (Lipinski definition) is 2. The lowest BCUT2D eigenvalue weighted by Gasteiger charge is -2.15. The van der Waals surface area contributed by atoms with Crippen LogP contribution >= 0.6 is 11.6 Å². The molecule has 1 unspecified atom stereocenters. The van der Waals surface area contributed by atoms with Gasteiger partial charge in [0.25, 0.3) is 5.91 Å². The summed E-state index contributed by atoms with van der Waals surface area (Å²) in [7, 11) is 4.02. The number of hydrogen-bond acceptors (Lipinski definition) is 3. The number of amides is 1. The number of benzene rings is 2. The topological polar surface area (TPSA) is 57.4 Å². The molecule has 1 amide bonds. The Kier molecular flexibility index (Phi) is 6.04. The number of H-pyrrole nitrogens is 1. The van der Waals surface area contributed by atoms with E-state index in [1.54, 1.807) is 6.07 Å². The lowest BCUT2D eigenvalue weighted by molar-refractivity contribution is 0.0935. The first kappa shape index (κ1) is 19.3. The van der Waals surface area contributed by atoms with Gasteiger partial charge >= 0.3 is 0 Å². The van der Waals surface area contributed by atoms with Gasteiger partial charge in [-0.25, -0.2) is 0 Å². The van der Waals surface area contributed by atoms with Gasteiger partial charge in [-0.3, -0.25) is 4.79 Å². The first-order valence-corrected chi connectivity index (χ1v) is 9.27. The van der Waals surface area contributed by atoms with Crippen molar-refractivity contribution in [1.29, 1.82) is 0 Å². The molecule has 2 N–H and O–H groups in total. The summed E-state index contributed by atoms with van der Waals surface area (Å²) in [5.41, 5.74) is 2.42. The predicted octanol–water partition coefficient (Wildman–Crippen LogP) is 4.25. The third-order valence-electron chi connectivity index (χ3n) is 4.36. The van der Waals surface area contributed by atoms with E-state index in [1.807, 2.05) is 63.5 Å². The van der Waals surface area contributed by atoms with Crippen molar-refractivity contribution < 1.29 is 9.53 Å². The van der Waals surface area contributed by atoms with E-state index in [1.165, 1.54) is 0 Å². The van der Waals surface area contributed by atoms with Crippen LogP contribution in [-0.2, 0) is 0 Å². The molecular weight excluding hydrogens is 362 g/mol. The summed E-state index contributed by atoms with van der Waals surface area (Å²) in [5, 5.41) is 4.58. The molecule has 2 aromatic carbocycles. The molecule has 3 aromatic rings. The maximum absolute atomic E-state index is 12.6. The molecule has 0 aliphatic heterocycles. The maximum Gasteiger partial charge on any atom is 0.268 e. The van der Waals surface area contributed by atoms with Crippen molar-refractivity contribution in [3.63, 3.8) is 0 Å². The predicted molar refractivity (Wildman–Crippen MR) is 110 cm³/mol. The van der Waals surface area contributed by atoms with Crippen LogP contribution in [0.3, 0.4) is 0 Å². The van der Waals surface area contributed by atoms with Gasteiger partial charge in [0.05, 0.1) is 6.04 Å². The Bertz CT molecular complexity index is 919. The molecule has 27 heavy (non-hydrogen) atoms. The molecule has 0 saturated heterocycles. The molecule has 0 aliphatic carbocycles. The van der Waals surface area contributed by atoms with E-state index >= 15 is 0 Å². The van der Waals surface area contributed by atoms with Crippen LogP contribution in [0.15, 0.2) is 48.5 Å².